The van der Waals surface area contributed by atoms with Crippen LogP contribution in [0.2, 0.25) is 0 Å². The molecule has 0 rings (SSSR count). The van der Waals surface area contributed by atoms with Gasteiger partial charge in [0.2, 0.25) is 0 Å². The van der Waals surface area contributed by atoms with Gasteiger partial charge in [0.1, 0.15) is 0 Å². The Bertz CT molecular complexity index is 152. The van der Waals surface area contributed by atoms with E-state index in [1.807, 2.05) is 13.0 Å². The maximum Gasteiger partial charge on any atom is 0.0266 e. The summed E-state index contributed by atoms with van der Waals surface area (Å²) in [6.45, 7) is 9.98. The van der Waals surface area contributed by atoms with Crippen molar-refractivity contribution in [3.63, 3.8) is 0 Å². The molecule has 0 heterocycles. The standard InChI is InChI=1S/C9H15N/c1-5-10-7-6-9(4)8(2)3/h5-8H,4H2,1-3H3/b7-6-,10-5?. The van der Waals surface area contributed by atoms with Crippen LogP contribution in [0.25, 0.3) is 0 Å². The molecule has 0 aliphatic carbocycles. The molecule has 0 spiro atoms. The predicted octanol–water partition coefficient (Wildman–Crippen LogP) is 2.80. The molecule has 56 valence electrons. The molecule has 0 fully saturated rings. The van der Waals surface area contributed by atoms with Gasteiger partial charge in [-0.2, -0.15) is 0 Å². The van der Waals surface area contributed by atoms with E-state index in [2.05, 4.69) is 25.4 Å². The highest BCUT2D eigenvalue weighted by molar-refractivity contribution is 5.54. The SMILES string of the molecule is C=C(/C=C\N=CC)C(C)C. The molecule has 10 heavy (non-hydrogen) atoms. The number of hydrogen-bond acceptors (Lipinski definition) is 1. The Morgan fingerprint density at radius 1 is 1.50 bits per heavy atom. The van der Waals surface area contributed by atoms with Gasteiger partial charge in [0.05, 0.1) is 0 Å². The fourth-order valence-corrected chi connectivity index (χ4v) is 0.417. The Kier molecular flexibility index (Phi) is 4.55. The van der Waals surface area contributed by atoms with Crippen LogP contribution in [0.15, 0.2) is 29.4 Å². The van der Waals surface area contributed by atoms with Crippen LogP contribution in [0.1, 0.15) is 20.8 Å². The van der Waals surface area contributed by atoms with Crippen LogP contribution in [-0.2, 0) is 0 Å². The van der Waals surface area contributed by atoms with Crippen molar-refractivity contribution in [2.24, 2.45) is 10.9 Å². The van der Waals surface area contributed by atoms with Gasteiger partial charge in [0.15, 0.2) is 0 Å². The van der Waals surface area contributed by atoms with Gasteiger partial charge in [-0.25, -0.2) is 0 Å². The van der Waals surface area contributed by atoms with Crippen LogP contribution >= 0.6 is 0 Å². The van der Waals surface area contributed by atoms with Crippen molar-refractivity contribution in [1.29, 1.82) is 0 Å². The van der Waals surface area contributed by atoms with Gasteiger partial charge in [-0.05, 0) is 18.9 Å². The number of rotatable bonds is 3. The molecule has 0 amide bonds. The van der Waals surface area contributed by atoms with Gasteiger partial charge in [-0.15, -0.1) is 0 Å². The smallest absolute Gasteiger partial charge is 0.0266 e. The van der Waals surface area contributed by atoms with Crippen molar-refractivity contribution in [3.05, 3.63) is 24.4 Å². The van der Waals surface area contributed by atoms with Crippen LogP contribution in [0.5, 0.6) is 0 Å². The van der Waals surface area contributed by atoms with Crippen LogP contribution < -0.4 is 0 Å². The fraction of sp³-hybridized carbons (Fsp3) is 0.444. The highest BCUT2D eigenvalue weighted by Crippen LogP contribution is 2.06. The molecular weight excluding hydrogens is 122 g/mol. The number of nitrogens with zero attached hydrogens (tertiary/aromatic N) is 1. The number of hydrogen-bond donors (Lipinski definition) is 0. The summed E-state index contributed by atoms with van der Waals surface area (Å²) in [5, 5.41) is 0. The number of aliphatic imine (C=N–C) groups is 1. The van der Waals surface area contributed by atoms with E-state index in [9.17, 15) is 0 Å². The van der Waals surface area contributed by atoms with Crippen molar-refractivity contribution in [3.8, 4) is 0 Å². The molecule has 0 saturated heterocycles. The second-order valence-electron chi connectivity index (χ2n) is 2.45. The molecule has 0 aromatic rings. The van der Waals surface area contributed by atoms with Crippen LogP contribution in [0.4, 0.5) is 0 Å². The van der Waals surface area contributed by atoms with Crippen molar-refractivity contribution >= 4 is 6.21 Å². The first-order valence-corrected chi connectivity index (χ1v) is 3.51. The molecule has 0 aliphatic rings. The lowest BCUT2D eigenvalue weighted by Gasteiger charge is -2.00. The molecule has 0 aromatic carbocycles. The van der Waals surface area contributed by atoms with Crippen molar-refractivity contribution in [2.75, 3.05) is 0 Å². The van der Waals surface area contributed by atoms with Gasteiger partial charge in [0, 0.05) is 12.4 Å². The Labute approximate surface area is 63.2 Å². The summed E-state index contributed by atoms with van der Waals surface area (Å²) in [6, 6.07) is 0. The highest BCUT2D eigenvalue weighted by atomic mass is 14.6. The normalized spacial score (nSPS) is 12.0. The summed E-state index contributed by atoms with van der Waals surface area (Å²) in [5.41, 5.74) is 1.12. The first-order valence-electron chi connectivity index (χ1n) is 3.51. The molecule has 1 heteroatoms. The summed E-state index contributed by atoms with van der Waals surface area (Å²) in [5.74, 6) is 0.517. The predicted molar refractivity (Wildman–Crippen MR) is 47.3 cm³/mol. The van der Waals surface area contributed by atoms with E-state index >= 15 is 0 Å². The molecule has 0 bridgehead atoms. The fourth-order valence-electron chi connectivity index (χ4n) is 0.417. The van der Waals surface area contributed by atoms with Crippen molar-refractivity contribution < 1.29 is 0 Å². The topological polar surface area (TPSA) is 12.4 Å². The maximum absolute atomic E-state index is 3.93. The molecule has 0 saturated carbocycles. The number of allylic oxidation sites excluding steroid dienone is 2. The minimum atomic E-state index is 0.517. The molecule has 0 aliphatic heterocycles. The van der Waals surface area contributed by atoms with Gasteiger partial charge in [-0.3, -0.25) is 4.99 Å². The first-order chi connectivity index (χ1) is 4.68. The summed E-state index contributed by atoms with van der Waals surface area (Å²) in [4.78, 5) is 3.93. The largest absolute Gasteiger partial charge is 0.269 e. The lowest BCUT2D eigenvalue weighted by atomic mass is 10.1. The average molecular weight is 137 g/mol. The van der Waals surface area contributed by atoms with E-state index in [-0.39, 0.29) is 0 Å². The highest BCUT2D eigenvalue weighted by Gasteiger charge is 1.92. The van der Waals surface area contributed by atoms with Gasteiger partial charge >= 0.3 is 0 Å². The lowest BCUT2D eigenvalue weighted by Crippen LogP contribution is -1.86. The average Bonchev–Trinajstić information content (AvgIpc) is 1.88. The Morgan fingerprint density at radius 3 is 2.50 bits per heavy atom. The minimum Gasteiger partial charge on any atom is -0.269 e. The molecule has 0 aromatic heterocycles. The minimum absolute atomic E-state index is 0.517. The van der Waals surface area contributed by atoms with Gasteiger partial charge < -0.3 is 0 Å². The molecule has 0 N–H and O–H groups in total. The zero-order chi connectivity index (χ0) is 7.98. The molecule has 1 nitrogen and oxygen atoms in total. The molecule has 0 radical (unpaired) electrons. The van der Waals surface area contributed by atoms with E-state index < -0.39 is 0 Å². The lowest BCUT2D eigenvalue weighted by molar-refractivity contribution is 0.795. The summed E-state index contributed by atoms with van der Waals surface area (Å²) < 4.78 is 0. The Balaban J connectivity index is 3.78. The summed E-state index contributed by atoms with van der Waals surface area (Å²) in [7, 11) is 0. The van der Waals surface area contributed by atoms with Gasteiger partial charge in [-0.1, -0.05) is 26.0 Å². The van der Waals surface area contributed by atoms with E-state index in [4.69, 9.17) is 0 Å². The third-order valence-corrected chi connectivity index (χ3v) is 1.27. The van der Waals surface area contributed by atoms with Crippen molar-refractivity contribution in [1.82, 2.24) is 0 Å². The van der Waals surface area contributed by atoms with Crippen LogP contribution in [-0.4, -0.2) is 6.21 Å². The second-order valence-corrected chi connectivity index (χ2v) is 2.45. The third kappa shape index (κ3) is 4.07. The molecule has 0 unspecified atom stereocenters. The van der Waals surface area contributed by atoms with E-state index in [0.717, 1.165) is 5.57 Å². The van der Waals surface area contributed by atoms with E-state index in [0.29, 0.717) is 5.92 Å². The Morgan fingerprint density at radius 2 is 2.10 bits per heavy atom. The van der Waals surface area contributed by atoms with Crippen LogP contribution in [0, 0.1) is 5.92 Å². The van der Waals surface area contributed by atoms with E-state index in [1.54, 1.807) is 12.4 Å². The summed E-state index contributed by atoms with van der Waals surface area (Å²) in [6.07, 6.45) is 5.46. The zero-order valence-corrected chi connectivity index (χ0v) is 6.96. The van der Waals surface area contributed by atoms with Gasteiger partial charge in [0.25, 0.3) is 0 Å². The quantitative estimate of drug-likeness (QED) is 0.419. The second kappa shape index (κ2) is 4.98. The van der Waals surface area contributed by atoms with E-state index in [1.165, 1.54) is 0 Å². The molecular formula is C9H15N. The first kappa shape index (κ1) is 9.15. The molecule has 0 atom stereocenters. The van der Waals surface area contributed by atoms with Crippen LogP contribution in [0.3, 0.4) is 0 Å². The third-order valence-electron chi connectivity index (χ3n) is 1.27. The summed E-state index contributed by atoms with van der Waals surface area (Å²) >= 11 is 0. The monoisotopic (exact) mass is 137 g/mol. The Hall–Kier alpha value is -0.850. The van der Waals surface area contributed by atoms with Crippen molar-refractivity contribution in [2.45, 2.75) is 20.8 Å². The zero-order valence-electron chi connectivity index (χ0n) is 6.96. The maximum atomic E-state index is 3.93.